The van der Waals surface area contributed by atoms with E-state index in [1.165, 1.54) is 19.4 Å². The first-order valence-corrected chi connectivity index (χ1v) is 6.15. The van der Waals surface area contributed by atoms with Gasteiger partial charge in [-0.3, -0.25) is 4.79 Å². The van der Waals surface area contributed by atoms with Crippen LogP contribution in [-0.4, -0.2) is 17.0 Å². The largest absolute Gasteiger partial charge is 0.478 e. The number of hydrogen-bond acceptors (Lipinski definition) is 2. The van der Waals surface area contributed by atoms with Gasteiger partial charge in [-0.05, 0) is 37.5 Å². The first-order valence-electron chi connectivity index (χ1n) is 6.15. The zero-order valence-electron chi connectivity index (χ0n) is 11.7. The summed E-state index contributed by atoms with van der Waals surface area (Å²) in [4.78, 5) is 22.6. The van der Waals surface area contributed by atoms with Crippen LogP contribution in [0, 0.1) is 0 Å². The second-order valence-corrected chi connectivity index (χ2v) is 4.79. The van der Waals surface area contributed by atoms with Gasteiger partial charge in [-0.15, -0.1) is 0 Å². The smallest absolute Gasteiger partial charge is 0.331 e. The highest BCUT2D eigenvalue weighted by Gasteiger charge is 2.12. The van der Waals surface area contributed by atoms with Crippen LogP contribution in [0.2, 0.25) is 0 Å². The lowest BCUT2D eigenvalue weighted by molar-refractivity contribution is -0.133. The first-order chi connectivity index (χ1) is 8.82. The zero-order valence-corrected chi connectivity index (χ0v) is 11.7. The average molecular weight is 261 g/mol. The van der Waals surface area contributed by atoms with Crippen molar-refractivity contribution in [1.82, 2.24) is 0 Å². The summed E-state index contributed by atoms with van der Waals surface area (Å²) in [5.74, 6) is -1.04. The summed E-state index contributed by atoms with van der Waals surface area (Å²) in [5, 5.41) is 11.5. The van der Waals surface area contributed by atoms with E-state index >= 15 is 0 Å². The molecule has 0 aromatic heterocycles. The number of rotatable bonds is 4. The fourth-order valence-corrected chi connectivity index (χ4v) is 1.51. The minimum atomic E-state index is -1.08. The summed E-state index contributed by atoms with van der Waals surface area (Å²) in [6.45, 7) is 7.10. The molecule has 0 bridgehead atoms. The molecule has 0 saturated carbocycles. The molecule has 0 aliphatic carbocycles. The minimum Gasteiger partial charge on any atom is -0.478 e. The van der Waals surface area contributed by atoms with Crippen molar-refractivity contribution in [3.8, 4) is 0 Å². The molecule has 1 rings (SSSR count). The van der Waals surface area contributed by atoms with Gasteiger partial charge in [-0.2, -0.15) is 0 Å². The first kappa shape index (κ1) is 15.0. The van der Waals surface area contributed by atoms with Crippen LogP contribution in [0.25, 0.3) is 0 Å². The number of anilines is 1. The van der Waals surface area contributed by atoms with Gasteiger partial charge in [0.05, 0.1) is 0 Å². The van der Waals surface area contributed by atoms with Crippen molar-refractivity contribution >= 4 is 17.6 Å². The van der Waals surface area contributed by atoms with Crippen LogP contribution in [0.5, 0.6) is 0 Å². The summed E-state index contributed by atoms with van der Waals surface area (Å²) in [6, 6.07) is 7.53. The Hall–Kier alpha value is -2.10. The van der Waals surface area contributed by atoms with Crippen LogP contribution in [0.1, 0.15) is 39.2 Å². The van der Waals surface area contributed by atoms with E-state index in [4.69, 9.17) is 5.11 Å². The minimum absolute atomic E-state index is 0.0521. The van der Waals surface area contributed by atoms with Crippen LogP contribution < -0.4 is 5.32 Å². The van der Waals surface area contributed by atoms with Crippen LogP contribution in [-0.2, 0) is 9.59 Å². The Labute approximate surface area is 113 Å². The number of aliphatic carboxylic acids is 1. The van der Waals surface area contributed by atoms with Crippen LogP contribution >= 0.6 is 0 Å². The van der Waals surface area contributed by atoms with Gasteiger partial charge in [0.2, 0.25) is 0 Å². The number of carboxylic acids is 1. The lowest BCUT2D eigenvalue weighted by atomic mass is 10.0. The standard InChI is InChI=1S/C15H19NO3/c1-9(2)12-5-7-13(8-6-12)16-14(17)10(3)11(4)15(18)19/h5-9H,1-4H3,(H,16,17)(H,18,19)/b11-10-. The van der Waals surface area contributed by atoms with Crippen molar-refractivity contribution in [1.29, 1.82) is 0 Å². The molecular weight excluding hydrogens is 242 g/mol. The molecule has 0 heterocycles. The van der Waals surface area contributed by atoms with E-state index in [1.54, 1.807) is 0 Å². The molecule has 2 N–H and O–H groups in total. The molecule has 0 spiro atoms. The van der Waals surface area contributed by atoms with Gasteiger partial charge in [0.1, 0.15) is 0 Å². The van der Waals surface area contributed by atoms with Crippen LogP contribution in [0.3, 0.4) is 0 Å². The number of amides is 1. The molecule has 0 radical (unpaired) electrons. The van der Waals surface area contributed by atoms with Gasteiger partial charge in [0.25, 0.3) is 5.91 Å². The number of carbonyl (C=O) groups excluding carboxylic acids is 1. The molecule has 4 heteroatoms. The number of benzene rings is 1. The van der Waals surface area contributed by atoms with Crippen molar-refractivity contribution in [3.63, 3.8) is 0 Å². The van der Waals surface area contributed by atoms with E-state index in [2.05, 4.69) is 19.2 Å². The highest BCUT2D eigenvalue weighted by molar-refractivity contribution is 6.08. The fraction of sp³-hybridized carbons (Fsp3) is 0.333. The topological polar surface area (TPSA) is 66.4 Å². The van der Waals surface area contributed by atoms with E-state index < -0.39 is 11.9 Å². The van der Waals surface area contributed by atoms with Gasteiger partial charge >= 0.3 is 5.97 Å². The molecule has 0 aliphatic heterocycles. The van der Waals surface area contributed by atoms with E-state index in [1.807, 2.05) is 24.3 Å². The predicted octanol–water partition coefficient (Wildman–Crippen LogP) is 3.17. The lowest BCUT2D eigenvalue weighted by Crippen LogP contribution is -2.16. The van der Waals surface area contributed by atoms with Gasteiger partial charge in [0.15, 0.2) is 0 Å². The van der Waals surface area contributed by atoms with E-state index in [-0.39, 0.29) is 11.1 Å². The van der Waals surface area contributed by atoms with Crippen molar-refractivity contribution in [3.05, 3.63) is 41.0 Å². The third-order valence-electron chi connectivity index (χ3n) is 3.06. The molecule has 0 unspecified atom stereocenters. The van der Waals surface area contributed by atoms with E-state index in [9.17, 15) is 9.59 Å². The summed E-state index contributed by atoms with van der Waals surface area (Å²) in [7, 11) is 0. The second-order valence-electron chi connectivity index (χ2n) is 4.79. The van der Waals surface area contributed by atoms with Gasteiger partial charge in [-0.1, -0.05) is 26.0 Å². The quantitative estimate of drug-likeness (QED) is 0.818. The summed E-state index contributed by atoms with van der Waals surface area (Å²) in [5.41, 5.74) is 2.11. The molecule has 1 amide bonds. The Balaban J connectivity index is 2.83. The number of carbonyl (C=O) groups is 2. The molecule has 0 aliphatic rings. The highest BCUT2D eigenvalue weighted by atomic mass is 16.4. The summed E-state index contributed by atoms with van der Waals surface area (Å²) in [6.07, 6.45) is 0. The highest BCUT2D eigenvalue weighted by Crippen LogP contribution is 2.17. The number of nitrogens with one attached hydrogen (secondary N) is 1. The normalized spacial score (nSPS) is 12.1. The van der Waals surface area contributed by atoms with Gasteiger partial charge in [-0.25, -0.2) is 4.79 Å². The zero-order chi connectivity index (χ0) is 14.6. The van der Waals surface area contributed by atoms with Crippen molar-refractivity contribution in [2.24, 2.45) is 0 Å². The second kappa shape index (κ2) is 6.18. The van der Waals surface area contributed by atoms with Crippen LogP contribution in [0.4, 0.5) is 5.69 Å². The molecule has 19 heavy (non-hydrogen) atoms. The van der Waals surface area contributed by atoms with Gasteiger partial charge in [0, 0.05) is 16.8 Å². The molecular formula is C15H19NO3. The Morgan fingerprint density at radius 3 is 2.00 bits per heavy atom. The van der Waals surface area contributed by atoms with Crippen molar-refractivity contribution < 1.29 is 14.7 Å². The Morgan fingerprint density at radius 1 is 1.05 bits per heavy atom. The van der Waals surface area contributed by atoms with Gasteiger partial charge < -0.3 is 10.4 Å². The van der Waals surface area contributed by atoms with E-state index in [0.717, 1.165) is 0 Å². The lowest BCUT2D eigenvalue weighted by Gasteiger charge is -2.09. The summed E-state index contributed by atoms with van der Waals surface area (Å²) < 4.78 is 0. The third kappa shape index (κ3) is 3.95. The molecule has 1 aromatic carbocycles. The van der Waals surface area contributed by atoms with Crippen LogP contribution in [0.15, 0.2) is 35.4 Å². The predicted molar refractivity (Wildman–Crippen MR) is 75.2 cm³/mol. The molecule has 0 saturated heterocycles. The Kier molecular flexibility index (Phi) is 4.87. The average Bonchev–Trinajstić information content (AvgIpc) is 2.37. The maximum atomic E-state index is 11.8. The third-order valence-corrected chi connectivity index (χ3v) is 3.06. The maximum absolute atomic E-state index is 11.8. The molecule has 4 nitrogen and oxygen atoms in total. The monoisotopic (exact) mass is 261 g/mol. The fourth-order valence-electron chi connectivity index (χ4n) is 1.51. The van der Waals surface area contributed by atoms with Crippen molar-refractivity contribution in [2.75, 3.05) is 5.32 Å². The summed E-state index contributed by atoms with van der Waals surface area (Å²) >= 11 is 0. The van der Waals surface area contributed by atoms with E-state index in [0.29, 0.717) is 11.6 Å². The maximum Gasteiger partial charge on any atom is 0.331 e. The SMILES string of the molecule is C/C(C(=O)O)=C(\C)C(=O)Nc1ccc(C(C)C)cc1. The molecule has 0 fully saturated rings. The molecule has 1 aromatic rings. The Bertz CT molecular complexity index is 513. The molecule has 0 atom stereocenters. The number of carboxylic acid groups (broad SMARTS) is 1. The number of hydrogen-bond donors (Lipinski definition) is 2. The van der Waals surface area contributed by atoms with Crippen molar-refractivity contribution in [2.45, 2.75) is 33.6 Å². The molecule has 102 valence electrons. The Morgan fingerprint density at radius 2 is 1.58 bits per heavy atom.